The highest BCUT2D eigenvalue weighted by atomic mass is 16.5. The predicted octanol–water partition coefficient (Wildman–Crippen LogP) is 3.03. The van der Waals surface area contributed by atoms with Crippen molar-refractivity contribution in [2.24, 2.45) is 11.7 Å². The van der Waals surface area contributed by atoms with E-state index in [0.29, 0.717) is 0 Å². The second-order valence-corrected chi connectivity index (χ2v) is 5.48. The topological polar surface area (TPSA) is 35.2 Å². The highest BCUT2D eigenvalue weighted by molar-refractivity contribution is 5.38. The van der Waals surface area contributed by atoms with Gasteiger partial charge in [-0.2, -0.15) is 0 Å². The molecular formula is C14H19NO. The molecule has 0 radical (unpaired) electrons. The normalized spacial score (nSPS) is 37.1. The van der Waals surface area contributed by atoms with Gasteiger partial charge < -0.3 is 10.5 Å². The van der Waals surface area contributed by atoms with Crippen molar-refractivity contribution in [1.82, 2.24) is 0 Å². The molecule has 1 fully saturated rings. The highest BCUT2D eigenvalue weighted by Crippen LogP contribution is 2.47. The molecule has 0 amide bonds. The average molecular weight is 217 g/mol. The van der Waals surface area contributed by atoms with Crippen molar-refractivity contribution in [3.05, 3.63) is 29.8 Å². The van der Waals surface area contributed by atoms with Crippen molar-refractivity contribution in [3.63, 3.8) is 0 Å². The molecule has 3 rings (SSSR count). The Bertz CT molecular complexity index is 403. The molecule has 0 saturated heterocycles. The maximum Gasteiger partial charge on any atom is 0.124 e. The summed E-state index contributed by atoms with van der Waals surface area (Å²) in [5, 5.41) is 0. The van der Waals surface area contributed by atoms with Crippen molar-refractivity contribution in [3.8, 4) is 5.75 Å². The summed E-state index contributed by atoms with van der Waals surface area (Å²) in [4.78, 5) is 0. The van der Waals surface area contributed by atoms with Crippen molar-refractivity contribution in [2.45, 2.75) is 44.2 Å². The van der Waals surface area contributed by atoms with Crippen LogP contribution in [-0.2, 0) is 0 Å². The largest absolute Gasteiger partial charge is 0.487 e. The lowest BCUT2D eigenvalue weighted by Gasteiger charge is -2.39. The Morgan fingerprint density at radius 1 is 1.31 bits per heavy atom. The molecule has 1 aromatic rings. The van der Waals surface area contributed by atoms with Gasteiger partial charge in [0.2, 0.25) is 0 Å². The quantitative estimate of drug-likeness (QED) is 0.725. The molecule has 2 heteroatoms. The number of nitrogens with two attached hydrogens (primary N) is 1. The number of para-hydroxylation sites is 1. The summed E-state index contributed by atoms with van der Waals surface area (Å²) in [5.74, 6) is 1.79. The molecule has 2 unspecified atom stereocenters. The molecule has 0 bridgehead atoms. The third kappa shape index (κ3) is 1.52. The lowest BCUT2D eigenvalue weighted by Crippen LogP contribution is -2.40. The van der Waals surface area contributed by atoms with Gasteiger partial charge in [0.05, 0.1) is 0 Å². The highest BCUT2D eigenvalue weighted by Gasteiger charge is 2.44. The van der Waals surface area contributed by atoms with Crippen molar-refractivity contribution in [2.75, 3.05) is 0 Å². The summed E-state index contributed by atoms with van der Waals surface area (Å²) in [6, 6.07) is 8.36. The molecular weight excluding hydrogens is 198 g/mol. The van der Waals surface area contributed by atoms with Crippen LogP contribution in [0.3, 0.4) is 0 Å². The van der Waals surface area contributed by atoms with Gasteiger partial charge in [0.15, 0.2) is 0 Å². The molecule has 1 aliphatic heterocycles. The summed E-state index contributed by atoms with van der Waals surface area (Å²) in [6.07, 6.45) is 4.58. The molecule has 1 aliphatic carbocycles. The van der Waals surface area contributed by atoms with E-state index >= 15 is 0 Å². The Labute approximate surface area is 96.8 Å². The Balaban J connectivity index is 1.95. The molecule has 3 atom stereocenters. The van der Waals surface area contributed by atoms with Crippen LogP contribution < -0.4 is 10.5 Å². The second-order valence-electron chi connectivity index (χ2n) is 5.48. The molecule has 1 spiro atoms. The fourth-order valence-corrected chi connectivity index (χ4v) is 3.29. The summed E-state index contributed by atoms with van der Waals surface area (Å²) >= 11 is 0. The maximum absolute atomic E-state index is 6.27. The van der Waals surface area contributed by atoms with E-state index in [1.807, 2.05) is 12.1 Å². The van der Waals surface area contributed by atoms with E-state index in [9.17, 15) is 0 Å². The second kappa shape index (κ2) is 3.49. The molecule has 16 heavy (non-hydrogen) atoms. The van der Waals surface area contributed by atoms with Crippen molar-refractivity contribution < 1.29 is 4.74 Å². The molecule has 1 saturated carbocycles. The van der Waals surface area contributed by atoms with Crippen LogP contribution in [-0.4, -0.2) is 5.60 Å². The minimum Gasteiger partial charge on any atom is -0.487 e. The fraction of sp³-hybridized carbons (Fsp3) is 0.571. The Morgan fingerprint density at radius 3 is 2.88 bits per heavy atom. The third-order valence-electron chi connectivity index (χ3n) is 4.05. The number of benzene rings is 1. The van der Waals surface area contributed by atoms with E-state index in [2.05, 4.69) is 19.1 Å². The van der Waals surface area contributed by atoms with Gasteiger partial charge in [-0.05, 0) is 31.2 Å². The SMILES string of the molecule is CC1CCC2(C1)C[C@H](N)c1ccccc1O2. The van der Waals surface area contributed by atoms with Crippen LogP contribution in [0.2, 0.25) is 0 Å². The Kier molecular flexibility index (Phi) is 2.21. The smallest absolute Gasteiger partial charge is 0.124 e. The zero-order valence-electron chi connectivity index (χ0n) is 9.78. The van der Waals surface area contributed by atoms with E-state index < -0.39 is 0 Å². The minimum absolute atomic E-state index is 0.0349. The van der Waals surface area contributed by atoms with Gasteiger partial charge >= 0.3 is 0 Å². The van der Waals surface area contributed by atoms with Gasteiger partial charge in [-0.3, -0.25) is 0 Å². The third-order valence-corrected chi connectivity index (χ3v) is 4.05. The lowest BCUT2D eigenvalue weighted by atomic mass is 9.86. The number of fused-ring (bicyclic) bond motifs is 1. The van der Waals surface area contributed by atoms with Crippen LogP contribution in [0.15, 0.2) is 24.3 Å². The van der Waals surface area contributed by atoms with Crippen LogP contribution in [0.4, 0.5) is 0 Å². The van der Waals surface area contributed by atoms with Gasteiger partial charge in [0.1, 0.15) is 11.4 Å². The fourth-order valence-electron chi connectivity index (χ4n) is 3.29. The van der Waals surface area contributed by atoms with Crippen LogP contribution >= 0.6 is 0 Å². The lowest BCUT2D eigenvalue weighted by molar-refractivity contribution is 0.0393. The van der Waals surface area contributed by atoms with E-state index in [0.717, 1.165) is 30.9 Å². The van der Waals surface area contributed by atoms with Gasteiger partial charge in [-0.1, -0.05) is 25.1 Å². The number of hydrogen-bond donors (Lipinski definition) is 1. The Hall–Kier alpha value is -1.02. The van der Waals surface area contributed by atoms with E-state index in [1.54, 1.807) is 0 Å². The first-order valence-electron chi connectivity index (χ1n) is 6.22. The monoisotopic (exact) mass is 217 g/mol. The predicted molar refractivity (Wildman–Crippen MR) is 64.4 cm³/mol. The molecule has 2 aliphatic rings. The molecule has 86 valence electrons. The molecule has 2 N–H and O–H groups in total. The first-order valence-corrected chi connectivity index (χ1v) is 6.22. The standard InChI is InChI=1S/C14H19NO/c1-10-6-7-14(8-10)9-12(15)11-4-2-3-5-13(11)16-14/h2-5,10,12H,6-9,15H2,1H3/t10?,12-,14?/m0/s1. The van der Waals surface area contributed by atoms with Crippen molar-refractivity contribution >= 4 is 0 Å². The van der Waals surface area contributed by atoms with Crippen molar-refractivity contribution in [1.29, 1.82) is 0 Å². The van der Waals surface area contributed by atoms with Crippen LogP contribution in [0.1, 0.15) is 44.2 Å². The number of ether oxygens (including phenoxy) is 1. The van der Waals surface area contributed by atoms with Gasteiger partial charge in [-0.15, -0.1) is 0 Å². The zero-order chi connectivity index (χ0) is 11.2. The van der Waals surface area contributed by atoms with E-state index in [-0.39, 0.29) is 11.6 Å². The summed E-state index contributed by atoms with van der Waals surface area (Å²) < 4.78 is 6.24. The molecule has 0 aromatic heterocycles. The molecule has 1 heterocycles. The van der Waals surface area contributed by atoms with Gasteiger partial charge in [-0.25, -0.2) is 0 Å². The molecule has 2 nitrogen and oxygen atoms in total. The first-order chi connectivity index (χ1) is 7.69. The van der Waals surface area contributed by atoms with Gasteiger partial charge in [0, 0.05) is 18.0 Å². The summed E-state index contributed by atoms with van der Waals surface area (Å²) in [6.45, 7) is 2.31. The number of rotatable bonds is 0. The molecule has 1 aromatic carbocycles. The van der Waals surface area contributed by atoms with E-state index in [4.69, 9.17) is 10.5 Å². The Morgan fingerprint density at radius 2 is 2.12 bits per heavy atom. The van der Waals surface area contributed by atoms with E-state index in [1.165, 1.54) is 12.0 Å². The number of hydrogen-bond acceptors (Lipinski definition) is 2. The van der Waals surface area contributed by atoms with Crippen LogP contribution in [0.5, 0.6) is 5.75 Å². The van der Waals surface area contributed by atoms with Gasteiger partial charge in [0.25, 0.3) is 0 Å². The summed E-state index contributed by atoms with van der Waals surface area (Å²) in [5.41, 5.74) is 7.47. The summed E-state index contributed by atoms with van der Waals surface area (Å²) in [7, 11) is 0. The first kappa shape index (κ1) is 10.2. The van der Waals surface area contributed by atoms with Crippen LogP contribution in [0, 0.1) is 5.92 Å². The zero-order valence-corrected chi connectivity index (χ0v) is 9.78. The maximum atomic E-state index is 6.27. The van der Waals surface area contributed by atoms with Crippen LogP contribution in [0.25, 0.3) is 0 Å². The average Bonchev–Trinajstić information content (AvgIpc) is 2.59. The minimum atomic E-state index is 0.0349.